The van der Waals surface area contributed by atoms with Gasteiger partial charge in [0.25, 0.3) is 0 Å². The van der Waals surface area contributed by atoms with Crippen molar-refractivity contribution in [2.24, 2.45) is 0 Å². The summed E-state index contributed by atoms with van der Waals surface area (Å²) in [4.78, 5) is 2.47. The van der Waals surface area contributed by atoms with Gasteiger partial charge < -0.3 is 10.4 Å². The summed E-state index contributed by atoms with van der Waals surface area (Å²) >= 11 is 0. The minimum absolute atomic E-state index is 0.0745. The Bertz CT molecular complexity index is 1020. The highest BCUT2D eigenvalue weighted by Gasteiger charge is 2.27. The molecule has 2 aromatic heterocycles. The number of fused-ring (bicyclic) bond motifs is 1. The van der Waals surface area contributed by atoms with E-state index in [1.807, 2.05) is 22.7 Å². The predicted molar refractivity (Wildman–Crippen MR) is 111 cm³/mol. The van der Waals surface area contributed by atoms with E-state index < -0.39 is 5.82 Å². The van der Waals surface area contributed by atoms with Gasteiger partial charge in [-0.2, -0.15) is 0 Å². The molecule has 3 heterocycles. The molecule has 0 unspecified atom stereocenters. The van der Waals surface area contributed by atoms with Gasteiger partial charge in [0, 0.05) is 18.8 Å². The van der Waals surface area contributed by atoms with Crippen LogP contribution < -0.4 is 5.32 Å². The molecule has 1 aromatic carbocycles. The summed E-state index contributed by atoms with van der Waals surface area (Å²) in [7, 11) is 0. The zero-order valence-electron chi connectivity index (χ0n) is 16.6. The van der Waals surface area contributed by atoms with Crippen molar-refractivity contribution < 1.29 is 9.50 Å². The highest BCUT2D eigenvalue weighted by atomic mass is 19.1. The molecule has 1 saturated carbocycles. The van der Waals surface area contributed by atoms with Gasteiger partial charge in [0.1, 0.15) is 17.3 Å². The van der Waals surface area contributed by atoms with Gasteiger partial charge in [-0.05, 0) is 74.5 Å². The number of rotatable bonds is 6. The van der Waals surface area contributed by atoms with E-state index in [9.17, 15) is 9.50 Å². The lowest BCUT2D eigenvalue weighted by Gasteiger charge is -2.23. The van der Waals surface area contributed by atoms with Gasteiger partial charge in [-0.3, -0.25) is 9.30 Å². The number of nitrogens with zero attached hydrogens (tertiary/aromatic N) is 4. The summed E-state index contributed by atoms with van der Waals surface area (Å²) in [5.41, 5.74) is 2.05. The van der Waals surface area contributed by atoms with Crippen molar-refractivity contribution in [2.75, 3.05) is 25.0 Å². The molecule has 0 radical (unpaired) electrons. The molecule has 0 bridgehead atoms. The lowest BCUT2D eigenvalue weighted by Crippen LogP contribution is -2.35. The van der Waals surface area contributed by atoms with Crippen LogP contribution >= 0.6 is 0 Å². The first-order chi connectivity index (χ1) is 14.2. The first kappa shape index (κ1) is 18.4. The largest absolute Gasteiger partial charge is 0.507 e. The van der Waals surface area contributed by atoms with Gasteiger partial charge in [0.15, 0.2) is 0 Å². The minimum atomic E-state index is -0.449. The molecule has 0 amide bonds. The Labute approximate surface area is 169 Å². The van der Waals surface area contributed by atoms with Crippen LogP contribution in [0.5, 0.6) is 5.75 Å². The first-order valence-corrected chi connectivity index (χ1v) is 10.5. The zero-order chi connectivity index (χ0) is 20.0. The number of aromatic hydroxyl groups is 1. The van der Waals surface area contributed by atoms with E-state index in [2.05, 4.69) is 27.3 Å². The second-order valence-electron chi connectivity index (χ2n) is 8.11. The number of benzene rings is 1. The van der Waals surface area contributed by atoms with E-state index in [4.69, 9.17) is 0 Å². The SMILES string of the molecule is CCN1CCC[C@H]1CNc1nnc(-c2c(O)cc(C3CC3)cc2F)c2cccn12. The number of phenolic OH excluding ortho intramolecular Hbond substituents is 1. The van der Waals surface area contributed by atoms with Gasteiger partial charge in [0.2, 0.25) is 5.95 Å². The number of likely N-dealkylation sites (N-methyl/N-ethyl adjacent to an activating group) is 1. The molecule has 1 saturated heterocycles. The number of likely N-dealkylation sites (tertiary alicyclic amines) is 1. The van der Waals surface area contributed by atoms with E-state index in [0.717, 1.165) is 43.6 Å². The summed E-state index contributed by atoms with van der Waals surface area (Å²) < 4.78 is 16.8. The van der Waals surface area contributed by atoms with Gasteiger partial charge in [-0.1, -0.05) is 6.92 Å². The third kappa shape index (κ3) is 3.33. The van der Waals surface area contributed by atoms with E-state index in [0.29, 0.717) is 23.6 Å². The molecule has 1 aliphatic heterocycles. The Kier molecular flexibility index (Phi) is 4.62. The van der Waals surface area contributed by atoms with Gasteiger partial charge in [0.05, 0.1) is 11.1 Å². The quantitative estimate of drug-likeness (QED) is 0.660. The molecule has 2 aliphatic rings. The standard InChI is InChI=1S/C22H26FN5O/c1-2-27-9-3-5-16(27)13-24-22-26-25-21(18-6-4-10-28(18)22)20-17(23)11-15(12-19(20)29)14-7-8-14/h4,6,10-12,14,16,29H,2-3,5,7-9,13H2,1H3,(H,24,26)/t16-/m0/s1. The summed E-state index contributed by atoms with van der Waals surface area (Å²) in [6, 6.07) is 7.44. The van der Waals surface area contributed by atoms with Crippen LogP contribution in [0.1, 0.15) is 44.1 Å². The Morgan fingerprint density at radius 1 is 1.24 bits per heavy atom. The van der Waals surface area contributed by atoms with Gasteiger partial charge >= 0.3 is 0 Å². The van der Waals surface area contributed by atoms with E-state index in [-0.39, 0.29) is 11.3 Å². The van der Waals surface area contributed by atoms with Crippen molar-refractivity contribution in [2.45, 2.75) is 44.6 Å². The van der Waals surface area contributed by atoms with E-state index in [1.54, 1.807) is 6.07 Å². The average molecular weight is 395 g/mol. The molecule has 3 aromatic rings. The molecule has 7 heteroatoms. The number of anilines is 1. The fourth-order valence-corrected chi connectivity index (χ4v) is 4.50. The monoisotopic (exact) mass is 395 g/mol. The Morgan fingerprint density at radius 2 is 2.10 bits per heavy atom. The summed E-state index contributed by atoms with van der Waals surface area (Å²) in [5, 5.41) is 22.6. The molecular weight excluding hydrogens is 369 g/mol. The summed E-state index contributed by atoms with van der Waals surface area (Å²) in [5.74, 6) is 0.476. The van der Waals surface area contributed by atoms with Crippen LogP contribution in [0.15, 0.2) is 30.5 Å². The van der Waals surface area contributed by atoms with Gasteiger partial charge in [-0.25, -0.2) is 4.39 Å². The van der Waals surface area contributed by atoms with Crippen LogP contribution in [-0.4, -0.2) is 50.3 Å². The minimum Gasteiger partial charge on any atom is -0.507 e. The van der Waals surface area contributed by atoms with Crippen LogP contribution in [0.2, 0.25) is 0 Å². The molecular formula is C22H26FN5O. The third-order valence-electron chi connectivity index (χ3n) is 6.24. The van der Waals surface area contributed by atoms with Crippen molar-refractivity contribution in [3.63, 3.8) is 0 Å². The molecule has 152 valence electrons. The van der Waals surface area contributed by atoms with E-state index in [1.165, 1.54) is 18.9 Å². The van der Waals surface area contributed by atoms with E-state index >= 15 is 0 Å². The molecule has 1 atom stereocenters. The van der Waals surface area contributed by atoms with Crippen LogP contribution in [0.3, 0.4) is 0 Å². The number of aromatic nitrogens is 3. The molecule has 29 heavy (non-hydrogen) atoms. The maximum absolute atomic E-state index is 14.9. The molecule has 0 spiro atoms. The lowest BCUT2D eigenvalue weighted by molar-refractivity contribution is 0.276. The summed E-state index contributed by atoms with van der Waals surface area (Å²) in [6.07, 6.45) is 6.39. The fourth-order valence-electron chi connectivity index (χ4n) is 4.50. The zero-order valence-corrected chi connectivity index (χ0v) is 16.6. The highest BCUT2D eigenvalue weighted by molar-refractivity contribution is 5.81. The number of hydrogen-bond acceptors (Lipinski definition) is 5. The average Bonchev–Trinajstić information content (AvgIpc) is 3.26. The van der Waals surface area contributed by atoms with Crippen LogP contribution in [0, 0.1) is 5.82 Å². The van der Waals surface area contributed by atoms with Crippen molar-refractivity contribution in [3.05, 3.63) is 41.8 Å². The van der Waals surface area contributed by atoms with Crippen LogP contribution in [0.4, 0.5) is 10.3 Å². The van der Waals surface area contributed by atoms with Crippen LogP contribution in [-0.2, 0) is 0 Å². The van der Waals surface area contributed by atoms with Crippen LogP contribution in [0.25, 0.3) is 16.8 Å². The molecule has 1 aliphatic carbocycles. The summed E-state index contributed by atoms with van der Waals surface area (Å²) in [6.45, 7) is 5.17. The number of hydrogen-bond donors (Lipinski definition) is 2. The maximum Gasteiger partial charge on any atom is 0.227 e. The fraction of sp³-hybridized carbons (Fsp3) is 0.455. The lowest BCUT2D eigenvalue weighted by atomic mass is 10.0. The predicted octanol–water partition coefficient (Wildman–Crippen LogP) is 4.01. The third-order valence-corrected chi connectivity index (χ3v) is 6.24. The normalized spacial score (nSPS) is 19.9. The Hall–Kier alpha value is -2.67. The van der Waals surface area contributed by atoms with Crippen molar-refractivity contribution in [1.29, 1.82) is 0 Å². The maximum atomic E-state index is 14.9. The Morgan fingerprint density at radius 3 is 2.86 bits per heavy atom. The molecule has 2 N–H and O–H groups in total. The smallest absolute Gasteiger partial charge is 0.227 e. The van der Waals surface area contributed by atoms with Gasteiger partial charge in [-0.15, -0.1) is 10.2 Å². The topological polar surface area (TPSA) is 65.7 Å². The number of nitrogens with one attached hydrogen (secondary N) is 1. The molecule has 5 rings (SSSR count). The van der Waals surface area contributed by atoms with Crippen molar-refractivity contribution >= 4 is 11.5 Å². The van der Waals surface area contributed by atoms with Crippen molar-refractivity contribution in [3.8, 4) is 17.0 Å². The number of phenols is 1. The Balaban J connectivity index is 1.47. The first-order valence-electron chi connectivity index (χ1n) is 10.5. The molecule has 2 fully saturated rings. The highest BCUT2D eigenvalue weighted by Crippen LogP contribution is 2.44. The van der Waals surface area contributed by atoms with Crippen molar-refractivity contribution in [1.82, 2.24) is 19.5 Å². The molecule has 6 nitrogen and oxygen atoms in total. The second kappa shape index (κ2) is 7.30. The number of halogens is 1. The second-order valence-corrected chi connectivity index (χ2v) is 8.11.